The van der Waals surface area contributed by atoms with Crippen molar-refractivity contribution in [2.45, 2.75) is 6.92 Å². The molecule has 0 bridgehead atoms. The molecular weight excluding hydrogens is 257 g/mol. The van der Waals surface area contributed by atoms with E-state index in [1.807, 2.05) is 28.8 Å². The van der Waals surface area contributed by atoms with Crippen LogP contribution in [0.2, 0.25) is 0 Å². The van der Waals surface area contributed by atoms with Gasteiger partial charge in [-0.05, 0) is 31.2 Å². The van der Waals surface area contributed by atoms with Crippen molar-refractivity contribution in [1.29, 1.82) is 0 Å². The first-order valence-corrected chi connectivity index (χ1v) is 6.40. The van der Waals surface area contributed by atoms with E-state index in [0.717, 1.165) is 5.65 Å². The Hall–Kier alpha value is -2.56. The van der Waals surface area contributed by atoms with Gasteiger partial charge in [-0.3, -0.25) is 0 Å². The first kappa shape index (κ1) is 12.5. The predicted octanol–water partition coefficient (Wildman–Crippen LogP) is 3.42. The largest absolute Gasteiger partial charge is 0.507 e. The maximum atomic E-state index is 13.9. The number of pyridine rings is 1. The number of hydrogen-bond donors (Lipinski definition) is 1. The summed E-state index contributed by atoms with van der Waals surface area (Å²) in [4.78, 5) is 4.43. The van der Waals surface area contributed by atoms with Gasteiger partial charge in [-0.15, -0.1) is 0 Å². The lowest BCUT2D eigenvalue weighted by Gasteiger charge is -2.15. The highest BCUT2D eigenvalue weighted by molar-refractivity contribution is 5.82. The Kier molecular flexibility index (Phi) is 3.02. The average Bonchev–Trinajstić information content (AvgIpc) is 2.89. The fourth-order valence-electron chi connectivity index (χ4n) is 2.22. The molecule has 102 valence electrons. The highest BCUT2D eigenvalue weighted by atomic mass is 19.2. The molecule has 3 aromatic rings. The second-order valence-corrected chi connectivity index (χ2v) is 4.44. The summed E-state index contributed by atoms with van der Waals surface area (Å²) in [6, 6.07) is 10.4. The molecule has 0 amide bonds. The van der Waals surface area contributed by atoms with E-state index in [-0.39, 0.29) is 12.3 Å². The average molecular weight is 271 g/mol. The van der Waals surface area contributed by atoms with Crippen LogP contribution >= 0.6 is 0 Å². The number of fused-ring (bicyclic) bond motifs is 1. The van der Waals surface area contributed by atoms with Crippen molar-refractivity contribution in [2.75, 3.05) is 11.7 Å². The van der Waals surface area contributed by atoms with Gasteiger partial charge in [0.2, 0.25) is 0 Å². The van der Waals surface area contributed by atoms with Gasteiger partial charge in [0.25, 0.3) is 0 Å². The number of halogens is 1. The number of hydrogen-bond acceptors (Lipinski definition) is 3. The van der Waals surface area contributed by atoms with E-state index in [2.05, 4.69) is 4.98 Å². The highest BCUT2D eigenvalue weighted by Gasteiger charge is 2.17. The van der Waals surface area contributed by atoms with Crippen molar-refractivity contribution in [3.05, 3.63) is 48.8 Å². The Balaban J connectivity index is 2.22. The van der Waals surface area contributed by atoms with E-state index in [9.17, 15) is 9.59 Å². The number of nitrogens with zero attached hydrogens (tertiary/aromatic N) is 3. The Bertz CT molecular complexity index is 721. The Labute approximate surface area is 115 Å². The third kappa shape index (κ3) is 1.97. The molecule has 1 N–H and O–H groups in total. The zero-order valence-electron chi connectivity index (χ0n) is 11.0. The summed E-state index contributed by atoms with van der Waals surface area (Å²) in [6.07, 6.45) is 3.63. The molecular formula is C15H14FN3O. The fraction of sp³-hybridized carbons (Fsp3) is 0.133. The van der Waals surface area contributed by atoms with Gasteiger partial charge in [0.05, 0.1) is 16.9 Å². The molecule has 0 saturated carbocycles. The van der Waals surface area contributed by atoms with E-state index in [0.29, 0.717) is 22.1 Å². The van der Waals surface area contributed by atoms with Crippen molar-refractivity contribution in [3.8, 4) is 17.0 Å². The summed E-state index contributed by atoms with van der Waals surface area (Å²) in [7, 11) is 0. The third-order valence-electron chi connectivity index (χ3n) is 3.18. The van der Waals surface area contributed by atoms with Crippen LogP contribution in [0.3, 0.4) is 0 Å². The van der Waals surface area contributed by atoms with Crippen LogP contribution < -0.4 is 5.12 Å². The van der Waals surface area contributed by atoms with Crippen LogP contribution in [0.4, 0.5) is 10.2 Å². The molecule has 0 atom stereocenters. The maximum absolute atomic E-state index is 13.9. The minimum Gasteiger partial charge on any atom is -0.507 e. The van der Waals surface area contributed by atoms with Crippen molar-refractivity contribution in [2.24, 2.45) is 0 Å². The van der Waals surface area contributed by atoms with Gasteiger partial charge >= 0.3 is 0 Å². The van der Waals surface area contributed by atoms with E-state index in [1.54, 1.807) is 25.3 Å². The minimum atomic E-state index is 0.0157. The monoisotopic (exact) mass is 271 g/mol. The molecule has 0 spiro atoms. The molecule has 1 aromatic carbocycles. The highest BCUT2D eigenvalue weighted by Crippen LogP contribution is 2.37. The molecule has 2 aromatic heterocycles. The number of aromatic nitrogens is 2. The summed E-state index contributed by atoms with van der Waals surface area (Å²) < 4.78 is 15.8. The lowest BCUT2D eigenvalue weighted by Crippen LogP contribution is -2.11. The maximum Gasteiger partial charge on any atom is 0.137 e. The van der Waals surface area contributed by atoms with Gasteiger partial charge in [-0.25, -0.2) is 10.1 Å². The number of benzene rings is 1. The van der Waals surface area contributed by atoms with Gasteiger partial charge in [0.15, 0.2) is 0 Å². The predicted molar refractivity (Wildman–Crippen MR) is 76.4 cm³/mol. The van der Waals surface area contributed by atoms with Crippen LogP contribution in [0.15, 0.2) is 48.8 Å². The molecule has 0 aliphatic carbocycles. The summed E-state index contributed by atoms with van der Waals surface area (Å²) in [5, 5.41) is 10.7. The summed E-state index contributed by atoms with van der Waals surface area (Å²) in [5.41, 5.74) is 2.01. The third-order valence-corrected chi connectivity index (χ3v) is 3.18. The lowest BCUT2D eigenvalue weighted by molar-refractivity contribution is 0.441. The smallest absolute Gasteiger partial charge is 0.137 e. The summed E-state index contributed by atoms with van der Waals surface area (Å²) in [5.74, 6) is 0.0157. The second-order valence-electron chi connectivity index (χ2n) is 4.44. The molecule has 0 unspecified atom stereocenters. The molecule has 0 aliphatic heterocycles. The zero-order valence-corrected chi connectivity index (χ0v) is 11.0. The van der Waals surface area contributed by atoms with Crippen molar-refractivity contribution in [1.82, 2.24) is 9.38 Å². The lowest BCUT2D eigenvalue weighted by atomic mass is 10.1. The van der Waals surface area contributed by atoms with Crippen LogP contribution in [0.1, 0.15) is 6.92 Å². The van der Waals surface area contributed by atoms with Crippen LogP contribution in [-0.2, 0) is 0 Å². The molecule has 0 saturated heterocycles. The van der Waals surface area contributed by atoms with E-state index in [4.69, 9.17) is 0 Å². The van der Waals surface area contributed by atoms with E-state index < -0.39 is 0 Å². The number of rotatable bonds is 3. The Morgan fingerprint density at radius 2 is 2.10 bits per heavy atom. The summed E-state index contributed by atoms with van der Waals surface area (Å²) in [6.45, 7) is 1.90. The van der Waals surface area contributed by atoms with Gasteiger partial charge in [0.1, 0.15) is 11.4 Å². The normalized spacial score (nSPS) is 10.9. The van der Waals surface area contributed by atoms with Crippen molar-refractivity contribution >= 4 is 11.3 Å². The first-order valence-electron chi connectivity index (χ1n) is 6.40. The van der Waals surface area contributed by atoms with Crippen molar-refractivity contribution < 1.29 is 9.59 Å². The van der Waals surface area contributed by atoms with Crippen LogP contribution in [0.25, 0.3) is 16.9 Å². The fourth-order valence-corrected chi connectivity index (χ4v) is 2.22. The SMILES string of the molecule is CCN(F)c1cccc(O)c1-c1cn2ccccc2n1. The molecule has 0 fully saturated rings. The van der Waals surface area contributed by atoms with Gasteiger partial charge in [0, 0.05) is 18.9 Å². The van der Waals surface area contributed by atoms with Crippen molar-refractivity contribution in [3.63, 3.8) is 0 Å². The van der Waals surface area contributed by atoms with Gasteiger partial charge in [-0.2, -0.15) is 0 Å². The van der Waals surface area contributed by atoms with Crippen LogP contribution in [-0.4, -0.2) is 21.0 Å². The second kappa shape index (κ2) is 4.85. The van der Waals surface area contributed by atoms with Gasteiger partial charge in [-0.1, -0.05) is 16.6 Å². The number of phenolic OH excluding ortho intramolecular Hbond substituents is 1. The van der Waals surface area contributed by atoms with E-state index >= 15 is 0 Å². The molecule has 0 radical (unpaired) electrons. The quantitative estimate of drug-likeness (QED) is 0.742. The van der Waals surface area contributed by atoms with Gasteiger partial charge < -0.3 is 9.51 Å². The summed E-state index contributed by atoms with van der Waals surface area (Å²) >= 11 is 0. The van der Waals surface area contributed by atoms with Crippen LogP contribution in [0, 0.1) is 0 Å². The number of aromatic hydroxyl groups is 1. The molecule has 20 heavy (non-hydrogen) atoms. The van der Waals surface area contributed by atoms with Crippen LogP contribution in [0.5, 0.6) is 5.75 Å². The number of imidazole rings is 1. The zero-order chi connectivity index (χ0) is 14.1. The number of anilines is 1. The Morgan fingerprint density at radius 3 is 2.85 bits per heavy atom. The van der Waals surface area contributed by atoms with E-state index in [1.165, 1.54) is 6.07 Å². The molecule has 0 aliphatic rings. The molecule has 2 heterocycles. The Morgan fingerprint density at radius 1 is 1.25 bits per heavy atom. The number of phenols is 1. The molecule has 5 heteroatoms. The minimum absolute atomic E-state index is 0.0157. The standard InChI is InChI=1S/C15H14FN3O/c1-2-19(16)12-6-5-7-13(20)15(12)11-10-18-9-4-3-8-14(18)17-11/h3-10,20H,2H2,1H3. The molecule has 3 rings (SSSR count). The topological polar surface area (TPSA) is 40.8 Å². The first-order chi connectivity index (χ1) is 9.70. The molecule has 4 nitrogen and oxygen atoms in total.